The lowest BCUT2D eigenvalue weighted by molar-refractivity contribution is -0.140. The van der Waals surface area contributed by atoms with Crippen molar-refractivity contribution in [2.75, 3.05) is 72.7 Å². The van der Waals surface area contributed by atoms with Gasteiger partial charge in [-0.3, -0.25) is 14.4 Å². The standard InChI is InChI=1S/C40H63NO7Si2.C25H51NO5Si2.C24H31NO5Si.C15H33NO3Si.C2H2/c1-27(2)21-28(36(43)40(25-46-40)26-48-50(11,12)39(6,7)8)22-35(42)34(24-47-49(9,10)38(3,4)5)41-37(44)45-23-33-31-19-15-13-17-29(31)30-18-14-16-20-32(30)33;1-18(2)13-19(14-21(27)20(26)15-30-32(9,10)23(3,4)5)22(28)25(16-29-25)17-31-33(11,12)24(6,7)8;1-24(2,3)31(4,5)30-15-21(22(26)27)25-23(28)29-14-20-18-12-8-6-10-16(18)17-11-7-9-13-19(17)20;1-11(2)8-12(16)13(17)15(9-18-15)10-19-20(6,7)14(3,4)5;1-2/h13-20,27-28,33-34,36,43H,21-26H2,1-12H3,(H,41,44);18-20H,13-17,26H2,1-12H3;6-13,20-21H,14-15H2,1-5H3,(H,25,28)(H,26,27);11-13,17H,8-10,16H2,1-7H3;1-2H/t28-,34+,36?,40?;19-,20+,25?;21-;12?,13-,15?;/m1100./s1/i;;;;1D. The number of carbonyl (C=O) groups excluding carboxylic acids is 5. The molecule has 0 aromatic heterocycles. The maximum Gasteiger partial charge on any atom is 0.407 e. The van der Waals surface area contributed by atoms with Crippen molar-refractivity contribution in [2.24, 2.45) is 41.1 Å². The van der Waals surface area contributed by atoms with Gasteiger partial charge in [0.25, 0.3) is 0 Å². The third kappa shape index (κ3) is 33.2. The van der Waals surface area contributed by atoms with Crippen molar-refractivity contribution >= 4 is 85.4 Å². The number of hydrogen-bond acceptors (Lipinski definition) is 21. The lowest BCUT2D eigenvalue weighted by Crippen LogP contribution is -2.51. The van der Waals surface area contributed by atoms with Crippen LogP contribution < -0.4 is 22.1 Å². The van der Waals surface area contributed by atoms with E-state index < -0.39 is 121 Å². The molecule has 24 nitrogen and oxygen atoms in total. The van der Waals surface area contributed by atoms with Gasteiger partial charge in [0.15, 0.2) is 78.9 Å². The average molecular weight is 2000 g/mol. The second-order valence-electron chi connectivity index (χ2n) is 48.9. The number of nitrogens with one attached hydrogen (secondary N) is 2. The summed E-state index contributed by atoms with van der Waals surface area (Å²) in [7, 11) is -12.3. The Morgan fingerprint density at radius 3 is 1.04 bits per heavy atom. The van der Waals surface area contributed by atoms with Gasteiger partial charge < -0.3 is 87.7 Å². The molecule has 30 heteroatoms. The second kappa shape index (κ2) is 48.1. The van der Waals surface area contributed by atoms with Crippen LogP contribution in [0.1, 0.15) is 234 Å². The molecule has 136 heavy (non-hydrogen) atoms. The fourth-order valence-electron chi connectivity index (χ4n) is 14.8. The number of nitrogens with two attached hydrogens (primary N) is 2. The number of fused-ring (bicyclic) bond motifs is 6. The van der Waals surface area contributed by atoms with Crippen LogP contribution in [0.4, 0.5) is 9.59 Å². The molecule has 2 aliphatic carbocycles. The molecule has 768 valence electrons. The molecule has 5 aliphatic rings. The number of amides is 2. The van der Waals surface area contributed by atoms with E-state index in [0.717, 1.165) is 50.9 Å². The highest BCUT2D eigenvalue weighted by Gasteiger charge is 2.59. The first-order valence-corrected chi connectivity index (χ1v) is 66.6. The zero-order valence-corrected chi connectivity index (χ0v) is 96.1. The van der Waals surface area contributed by atoms with E-state index in [1.54, 1.807) is 0 Å². The smallest absolute Gasteiger partial charge is 0.407 e. The molecular formula is C106H180N4O20Si6. The minimum absolute atomic E-state index is 0.0132. The molecule has 3 heterocycles. The van der Waals surface area contributed by atoms with E-state index >= 15 is 0 Å². The van der Waals surface area contributed by atoms with E-state index in [1.807, 2.05) is 73.8 Å². The van der Waals surface area contributed by atoms with Gasteiger partial charge in [0.2, 0.25) is 0 Å². The molecular weight excluding hydrogens is 1820 g/mol. The Balaban J connectivity index is 0.000000335. The number of alkyl carbamates (subject to hydrolysis) is 2. The van der Waals surface area contributed by atoms with E-state index in [1.165, 1.54) is 6.40 Å². The Bertz CT molecular complexity index is 4540. The molecule has 0 radical (unpaired) electrons. The number of benzene rings is 4. The number of rotatable bonds is 43. The van der Waals surface area contributed by atoms with Gasteiger partial charge in [0, 0.05) is 36.6 Å². The van der Waals surface area contributed by atoms with Crippen LogP contribution in [0.5, 0.6) is 0 Å². The summed E-state index contributed by atoms with van der Waals surface area (Å²) in [6.45, 7) is 79.9. The molecule has 5 unspecified atom stereocenters. The van der Waals surface area contributed by atoms with Crippen LogP contribution in [-0.4, -0.2) is 227 Å². The van der Waals surface area contributed by atoms with Crippen molar-refractivity contribution in [3.63, 3.8) is 0 Å². The van der Waals surface area contributed by atoms with E-state index in [2.05, 4.69) is 285 Å². The second-order valence-corrected chi connectivity index (χ2v) is 77.8. The predicted molar refractivity (Wildman–Crippen MR) is 564 cm³/mol. The highest BCUT2D eigenvalue weighted by molar-refractivity contribution is 6.76. The Morgan fingerprint density at radius 1 is 0.434 bits per heavy atom. The number of ketones is 3. The average Bonchev–Trinajstić information content (AvgIpc) is 1.63. The highest BCUT2D eigenvalue weighted by atomic mass is 28.4. The summed E-state index contributed by atoms with van der Waals surface area (Å²) in [6, 6.07) is 29.5. The van der Waals surface area contributed by atoms with Crippen LogP contribution in [0.3, 0.4) is 0 Å². The van der Waals surface area contributed by atoms with Crippen molar-refractivity contribution < 1.29 is 95.7 Å². The Hall–Kier alpha value is -5.76. The van der Waals surface area contributed by atoms with E-state index in [0.29, 0.717) is 51.8 Å². The number of aliphatic hydroxyl groups excluding tert-OH is 2. The highest BCUT2D eigenvalue weighted by Crippen LogP contribution is 2.50. The first-order valence-electron chi connectivity index (χ1n) is 49.6. The summed E-state index contributed by atoms with van der Waals surface area (Å²) in [4.78, 5) is 78.3. The number of Topliss-reactive ketones (excluding diaryl/α,β-unsaturated/α-hetero) is 3. The zero-order chi connectivity index (χ0) is 105. The van der Waals surface area contributed by atoms with Crippen molar-refractivity contribution in [3.8, 4) is 35.1 Å². The largest absolute Gasteiger partial charge is 0.480 e. The molecule has 9 N–H and O–H groups in total. The molecule has 3 fully saturated rings. The van der Waals surface area contributed by atoms with Crippen LogP contribution >= 0.6 is 0 Å². The topological polar surface area (TPSA) is 351 Å². The van der Waals surface area contributed by atoms with Crippen molar-refractivity contribution in [3.05, 3.63) is 119 Å². The summed E-state index contributed by atoms with van der Waals surface area (Å²) in [5.41, 5.74) is 19.0. The number of carbonyl (C=O) groups is 6. The van der Waals surface area contributed by atoms with Crippen molar-refractivity contribution in [2.45, 2.75) is 372 Å². The minimum atomic E-state index is -2.26. The molecule has 3 saturated heterocycles. The molecule has 3 aliphatic heterocycles. The molecule has 11 atom stereocenters. The lowest BCUT2D eigenvalue weighted by Gasteiger charge is -2.38. The first kappa shape index (κ1) is 119. The Labute approximate surface area is 826 Å². The van der Waals surface area contributed by atoms with Gasteiger partial charge in [-0.05, 0) is 196 Å². The Morgan fingerprint density at radius 2 is 0.728 bits per heavy atom. The molecule has 4 aromatic rings. The molecule has 0 saturated carbocycles. The summed E-state index contributed by atoms with van der Waals surface area (Å²) < 4.78 is 71.9. The third-order valence-electron chi connectivity index (χ3n) is 30.5. The monoisotopic (exact) mass is 2000 g/mol. The molecule has 2 amide bonds. The van der Waals surface area contributed by atoms with Gasteiger partial charge in [-0.1, -0.05) is 263 Å². The number of aliphatic hydroxyl groups is 2. The molecule has 0 bridgehead atoms. The summed E-state index contributed by atoms with van der Waals surface area (Å²) in [5, 5.41) is 37.3. The normalized spacial score (nSPS) is 19.9. The van der Waals surface area contributed by atoms with Crippen LogP contribution in [0.25, 0.3) is 22.3 Å². The summed E-state index contributed by atoms with van der Waals surface area (Å²) >= 11 is 0. The number of terminal acetylenes is 1. The predicted octanol–water partition coefficient (Wildman–Crippen LogP) is 21.8. The maximum atomic E-state index is 14.2. The number of epoxide rings is 3. The maximum absolute atomic E-state index is 14.2. The molecule has 9 rings (SSSR count). The lowest BCUT2D eigenvalue weighted by atomic mass is 9.81. The Kier molecular flexibility index (Phi) is 42.1. The van der Waals surface area contributed by atoms with Crippen molar-refractivity contribution in [1.82, 2.24) is 10.6 Å². The fraction of sp³-hybridized carbons (Fsp3) is 0.698. The SMILES string of the molecule is CC(C)(C)[Si](C)(C)OC[C@H](NC(=O)OCC1c2ccccc2-c2ccccc21)C(=O)O.CC(C)CC(N)[C@H](O)C1(CO[Si](C)(C)C(C)(C)C)CO1.CC(C)C[C@H](CC(=O)[C@@H](N)CO[Si](C)(C)C(C)(C)C)C(=O)C1(CO[Si](C)(C)C(C)(C)C)CO1.CC(C)C[C@H](CC(=O)[C@H](CO[Si](C)(C)C(C)(C)C)NC(=O)OCC1c2ccccc2-c2ccccc21)C(O)C1(CO[Si](C)(C)C(C)(C)C)CO1.[2H]C#C. The number of carboxylic acid groups (broad SMARTS) is 1. The van der Waals surface area contributed by atoms with Crippen LogP contribution in [0.2, 0.25) is 109 Å². The molecule has 4 aromatic carbocycles. The van der Waals surface area contributed by atoms with Crippen LogP contribution in [-0.2, 0) is 69.4 Å². The van der Waals surface area contributed by atoms with Crippen LogP contribution in [0, 0.1) is 42.4 Å². The third-order valence-corrected chi connectivity index (χ3v) is 57.5. The van der Waals surface area contributed by atoms with Gasteiger partial charge in [-0.25, -0.2) is 14.4 Å². The van der Waals surface area contributed by atoms with Gasteiger partial charge in [0.05, 0.1) is 71.6 Å². The van der Waals surface area contributed by atoms with Gasteiger partial charge in [-0.15, -0.1) is 12.8 Å². The fourth-order valence-corrected chi connectivity index (χ4v) is 21.0. The summed E-state index contributed by atoms with van der Waals surface area (Å²) in [6.07, 6.45) is 5.06. The van der Waals surface area contributed by atoms with E-state index in [9.17, 15) is 44.1 Å². The number of carboxylic acids is 1. The quantitative estimate of drug-likeness (QED) is 0.0123. The van der Waals surface area contributed by atoms with Gasteiger partial charge in [0.1, 0.15) is 37.9 Å². The number of ether oxygens (including phenoxy) is 5. The van der Waals surface area contributed by atoms with Gasteiger partial charge in [-0.2, -0.15) is 0 Å². The summed E-state index contributed by atoms with van der Waals surface area (Å²) in [5.74, 6) is -1.46. The number of aliphatic carboxylic acids is 1. The molecule has 0 spiro atoms. The van der Waals surface area contributed by atoms with Crippen LogP contribution in [0.15, 0.2) is 97.1 Å². The minimum Gasteiger partial charge on any atom is -0.480 e. The van der Waals surface area contributed by atoms with E-state index in [4.69, 9.17) is 63.1 Å². The number of hydrogen-bond donors (Lipinski definition) is 7. The van der Waals surface area contributed by atoms with Crippen molar-refractivity contribution in [1.29, 1.82) is 0 Å². The van der Waals surface area contributed by atoms with E-state index in [-0.39, 0.29) is 136 Å². The van der Waals surface area contributed by atoms with Gasteiger partial charge >= 0.3 is 18.2 Å². The first-order chi connectivity index (χ1) is 62.6. The zero-order valence-electron chi connectivity index (χ0n) is 91.1.